The Balaban J connectivity index is 0.00000161. The molecule has 1 fully saturated rings. The lowest BCUT2D eigenvalue weighted by Gasteiger charge is -2.33. The molecule has 0 aliphatic carbocycles. The largest absolute Gasteiger partial charge is 0.316 e. The highest BCUT2D eigenvalue weighted by molar-refractivity contribution is 6.29. The maximum absolute atomic E-state index is 6.23. The molecule has 1 aromatic heterocycles. The highest BCUT2D eigenvalue weighted by atomic mass is 35.5. The number of piperidine rings is 1. The van der Waals surface area contributed by atoms with Gasteiger partial charge in [-0.05, 0) is 25.3 Å². The lowest BCUT2D eigenvalue weighted by atomic mass is 10.0. The summed E-state index contributed by atoms with van der Waals surface area (Å²) in [6.45, 7) is 5.31. The molecule has 3 nitrogen and oxygen atoms in total. The first kappa shape index (κ1) is 16.3. The zero-order valence-corrected chi connectivity index (χ0v) is 13.8. The molecule has 0 spiro atoms. The van der Waals surface area contributed by atoms with Crippen molar-refractivity contribution in [3.63, 3.8) is 0 Å². The average molecular weight is 326 g/mol. The summed E-state index contributed by atoms with van der Waals surface area (Å²) in [5.74, 6) is 1.02. The van der Waals surface area contributed by atoms with E-state index in [0.717, 1.165) is 43.5 Å². The standard InChI is InChI=1S/C16H20ClN3.ClH/c1-13-18-11-16(17)20(13)15-7-9-19(10-8-15)12-14-5-3-2-4-6-14;/h2-6,11,15H,7-10,12H2,1H3;1H. The number of halogens is 2. The molecule has 0 bridgehead atoms. The predicted molar refractivity (Wildman–Crippen MR) is 89.2 cm³/mol. The van der Waals surface area contributed by atoms with Crippen molar-refractivity contribution in [1.82, 2.24) is 14.5 Å². The molecule has 0 atom stereocenters. The van der Waals surface area contributed by atoms with E-state index in [1.165, 1.54) is 5.56 Å². The topological polar surface area (TPSA) is 21.1 Å². The van der Waals surface area contributed by atoms with E-state index in [0.29, 0.717) is 6.04 Å². The third-order valence-corrected chi connectivity index (χ3v) is 4.39. The molecular weight excluding hydrogens is 305 g/mol. The second-order valence-electron chi connectivity index (χ2n) is 5.49. The van der Waals surface area contributed by atoms with E-state index in [4.69, 9.17) is 11.6 Å². The zero-order valence-electron chi connectivity index (χ0n) is 12.2. The van der Waals surface area contributed by atoms with Gasteiger partial charge < -0.3 is 4.57 Å². The van der Waals surface area contributed by atoms with Gasteiger partial charge in [0.1, 0.15) is 11.0 Å². The Morgan fingerprint density at radius 3 is 2.43 bits per heavy atom. The van der Waals surface area contributed by atoms with Gasteiger partial charge in [-0.1, -0.05) is 41.9 Å². The fraction of sp³-hybridized carbons (Fsp3) is 0.438. The second-order valence-corrected chi connectivity index (χ2v) is 5.88. The highest BCUT2D eigenvalue weighted by Crippen LogP contribution is 2.28. The van der Waals surface area contributed by atoms with Crippen molar-refractivity contribution in [1.29, 1.82) is 0 Å². The Morgan fingerprint density at radius 1 is 1.19 bits per heavy atom. The number of aromatic nitrogens is 2. The lowest BCUT2D eigenvalue weighted by Crippen LogP contribution is -2.34. The van der Waals surface area contributed by atoms with Crippen molar-refractivity contribution in [3.05, 3.63) is 53.1 Å². The minimum absolute atomic E-state index is 0. The number of benzene rings is 1. The predicted octanol–water partition coefficient (Wildman–Crippen LogP) is 4.10. The Hall–Kier alpha value is -1.03. The van der Waals surface area contributed by atoms with E-state index < -0.39 is 0 Å². The molecule has 0 unspecified atom stereocenters. The molecule has 0 radical (unpaired) electrons. The van der Waals surface area contributed by atoms with Gasteiger partial charge in [0, 0.05) is 25.7 Å². The van der Waals surface area contributed by atoms with Gasteiger partial charge in [-0.25, -0.2) is 4.98 Å². The molecule has 3 rings (SSSR count). The molecule has 1 aliphatic heterocycles. The Bertz CT molecular complexity index is 541. The number of rotatable bonds is 3. The second kappa shape index (κ2) is 7.30. The lowest BCUT2D eigenvalue weighted by molar-refractivity contribution is 0.178. The number of likely N-dealkylation sites (tertiary alicyclic amines) is 1. The summed E-state index contributed by atoms with van der Waals surface area (Å²) in [5.41, 5.74) is 1.39. The van der Waals surface area contributed by atoms with Crippen LogP contribution in [0.1, 0.15) is 30.3 Å². The molecule has 1 saturated heterocycles. The minimum Gasteiger partial charge on any atom is -0.316 e. The smallest absolute Gasteiger partial charge is 0.129 e. The average Bonchev–Trinajstić information content (AvgIpc) is 2.81. The summed E-state index contributed by atoms with van der Waals surface area (Å²) in [5, 5.41) is 0.768. The molecule has 21 heavy (non-hydrogen) atoms. The third-order valence-electron chi connectivity index (χ3n) is 4.11. The first-order chi connectivity index (χ1) is 9.74. The van der Waals surface area contributed by atoms with Crippen molar-refractivity contribution >= 4 is 24.0 Å². The summed E-state index contributed by atoms with van der Waals surface area (Å²) >= 11 is 6.23. The van der Waals surface area contributed by atoms with Gasteiger partial charge in [0.2, 0.25) is 0 Å². The number of imidazole rings is 1. The zero-order chi connectivity index (χ0) is 13.9. The van der Waals surface area contributed by atoms with Crippen molar-refractivity contribution in [3.8, 4) is 0 Å². The monoisotopic (exact) mass is 325 g/mol. The van der Waals surface area contributed by atoms with E-state index in [1.807, 2.05) is 6.92 Å². The van der Waals surface area contributed by atoms with Crippen LogP contribution in [0.4, 0.5) is 0 Å². The van der Waals surface area contributed by atoms with Crippen LogP contribution in [0.25, 0.3) is 0 Å². The van der Waals surface area contributed by atoms with Gasteiger partial charge >= 0.3 is 0 Å². The van der Waals surface area contributed by atoms with Crippen LogP contribution in [-0.4, -0.2) is 27.5 Å². The summed E-state index contributed by atoms with van der Waals surface area (Å²) in [6.07, 6.45) is 4.04. The van der Waals surface area contributed by atoms with Gasteiger partial charge in [0.05, 0.1) is 6.20 Å². The van der Waals surface area contributed by atoms with Crippen LogP contribution in [0.15, 0.2) is 36.5 Å². The number of aryl methyl sites for hydroxylation is 1. The van der Waals surface area contributed by atoms with Crippen LogP contribution in [0, 0.1) is 6.92 Å². The van der Waals surface area contributed by atoms with Crippen LogP contribution >= 0.6 is 24.0 Å². The van der Waals surface area contributed by atoms with Crippen molar-refractivity contribution in [2.45, 2.75) is 32.4 Å². The first-order valence-corrected chi connectivity index (χ1v) is 7.57. The molecule has 114 valence electrons. The SMILES string of the molecule is Cc1ncc(Cl)n1C1CCN(Cc2ccccc2)CC1.Cl. The van der Waals surface area contributed by atoms with Gasteiger partial charge in [-0.15, -0.1) is 12.4 Å². The van der Waals surface area contributed by atoms with Crippen molar-refractivity contribution < 1.29 is 0 Å². The number of hydrogen-bond acceptors (Lipinski definition) is 2. The van der Waals surface area contributed by atoms with E-state index in [9.17, 15) is 0 Å². The molecule has 0 saturated carbocycles. The fourth-order valence-corrected chi connectivity index (χ4v) is 3.35. The van der Waals surface area contributed by atoms with E-state index in [1.54, 1.807) is 6.20 Å². The molecule has 1 aromatic carbocycles. The van der Waals surface area contributed by atoms with Crippen LogP contribution in [-0.2, 0) is 6.54 Å². The number of nitrogens with zero attached hydrogens (tertiary/aromatic N) is 3. The molecule has 5 heteroatoms. The van der Waals surface area contributed by atoms with E-state index in [-0.39, 0.29) is 12.4 Å². The van der Waals surface area contributed by atoms with E-state index in [2.05, 4.69) is 44.8 Å². The maximum Gasteiger partial charge on any atom is 0.129 e. The Morgan fingerprint density at radius 2 is 1.86 bits per heavy atom. The van der Waals surface area contributed by atoms with Crippen LogP contribution < -0.4 is 0 Å². The summed E-state index contributed by atoms with van der Waals surface area (Å²) in [7, 11) is 0. The molecular formula is C16H21Cl2N3. The van der Waals surface area contributed by atoms with Crippen LogP contribution in [0.5, 0.6) is 0 Å². The van der Waals surface area contributed by atoms with Gasteiger partial charge in [0.25, 0.3) is 0 Å². The summed E-state index contributed by atoms with van der Waals surface area (Å²) < 4.78 is 2.18. The third kappa shape index (κ3) is 3.79. The van der Waals surface area contributed by atoms with Gasteiger partial charge in [-0.3, -0.25) is 4.90 Å². The molecule has 0 N–H and O–H groups in total. The van der Waals surface area contributed by atoms with Crippen molar-refractivity contribution in [2.24, 2.45) is 0 Å². The minimum atomic E-state index is 0. The first-order valence-electron chi connectivity index (χ1n) is 7.19. The maximum atomic E-state index is 6.23. The molecule has 1 aliphatic rings. The Kier molecular flexibility index (Phi) is 5.68. The highest BCUT2D eigenvalue weighted by Gasteiger charge is 2.23. The number of hydrogen-bond donors (Lipinski definition) is 0. The van der Waals surface area contributed by atoms with Crippen LogP contribution in [0.3, 0.4) is 0 Å². The molecule has 0 amide bonds. The normalized spacial score (nSPS) is 16.7. The molecule has 2 aromatic rings. The quantitative estimate of drug-likeness (QED) is 0.846. The fourth-order valence-electron chi connectivity index (χ4n) is 3.04. The Labute approximate surface area is 137 Å². The molecule has 2 heterocycles. The van der Waals surface area contributed by atoms with Crippen molar-refractivity contribution in [2.75, 3.05) is 13.1 Å². The van der Waals surface area contributed by atoms with E-state index >= 15 is 0 Å². The van der Waals surface area contributed by atoms with Gasteiger partial charge in [-0.2, -0.15) is 0 Å². The summed E-state index contributed by atoms with van der Waals surface area (Å²) in [6, 6.07) is 11.2. The van der Waals surface area contributed by atoms with Crippen LogP contribution in [0.2, 0.25) is 5.15 Å². The summed E-state index contributed by atoms with van der Waals surface area (Å²) in [4.78, 5) is 6.82. The van der Waals surface area contributed by atoms with Gasteiger partial charge in [0.15, 0.2) is 0 Å².